The molecule has 1 aliphatic rings. The van der Waals surface area contributed by atoms with Gasteiger partial charge in [-0.2, -0.15) is 0 Å². The molecular weight excluding hydrogens is 204 g/mol. The fraction of sp³-hybridized carbons (Fsp3) is 0.333. The molecule has 1 fully saturated rings. The molecule has 4 heteroatoms. The Labute approximate surface area is 94.0 Å². The van der Waals surface area contributed by atoms with Gasteiger partial charge in [-0.05, 0) is 12.5 Å². The molecule has 1 aliphatic heterocycles. The first-order chi connectivity index (χ1) is 7.58. The first kappa shape index (κ1) is 10.7. The molecule has 0 aliphatic carbocycles. The molecule has 1 heterocycles. The van der Waals surface area contributed by atoms with Crippen LogP contribution in [0.5, 0.6) is 0 Å². The summed E-state index contributed by atoms with van der Waals surface area (Å²) in [6.07, 6.45) is 0. The van der Waals surface area contributed by atoms with E-state index in [9.17, 15) is 9.59 Å². The van der Waals surface area contributed by atoms with Crippen molar-refractivity contribution < 1.29 is 9.59 Å². The molecule has 0 saturated carbocycles. The standard InChI is InChI=1S/C12H14N2O2/c1-7-4-3-5-9(6-7)8(2)10-11(15)14-12(16)13-10/h3-6,8,10H,1-2H3,(H2,13,14,15,16). The number of rotatable bonds is 2. The van der Waals surface area contributed by atoms with E-state index >= 15 is 0 Å². The molecule has 16 heavy (non-hydrogen) atoms. The molecule has 0 spiro atoms. The zero-order valence-electron chi connectivity index (χ0n) is 9.28. The number of amides is 3. The van der Waals surface area contributed by atoms with Gasteiger partial charge in [0, 0.05) is 5.92 Å². The van der Waals surface area contributed by atoms with Gasteiger partial charge in [-0.1, -0.05) is 36.8 Å². The van der Waals surface area contributed by atoms with Crippen LogP contribution in [0.25, 0.3) is 0 Å². The van der Waals surface area contributed by atoms with Crippen LogP contribution in [-0.4, -0.2) is 18.0 Å². The highest BCUT2D eigenvalue weighted by atomic mass is 16.2. The van der Waals surface area contributed by atoms with E-state index in [0.717, 1.165) is 11.1 Å². The van der Waals surface area contributed by atoms with Crippen molar-refractivity contribution in [3.8, 4) is 0 Å². The van der Waals surface area contributed by atoms with Crippen LogP contribution in [0.4, 0.5) is 4.79 Å². The Morgan fingerprint density at radius 2 is 2.06 bits per heavy atom. The summed E-state index contributed by atoms with van der Waals surface area (Å²) < 4.78 is 0. The van der Waals surface area contributed by atoms with E-state index in [2.05, 4.69) is 10.6 Å². The first-order valence-electron chi connectivity index (χ1n) is 5.26. The van der Waals surface area contributed by atoms with E-state index in [0.29, 0.717) is 0 Å². The van der Waals surface area contributed by atoms with E-state index in [1.165, 1.54) is 0 Å². The van der Waals surface area contributed by atoms with Crippen LogP contribution in [0, 0.1) is 6.92 Å². The maximum Gasteiger partial charge on any atom is 0.322 e. The molecule has 2 N–H and O–H groups in total. The van der Waals surface area contributed by atoms with Crippen molar-refractivity contribution in [1.82, 2.24) is 10.6 Å². The summed E-state index contributed by atoms with van der Waals surface area (Å²) in [5.74, 6) is -0.273. The molecule has 1 saturated heterocycles. The Hall–Kier alpha value is -1.84. The largest absolute Gasteiger partial charge is 0.325 e. The minimum absolute atomic E-state index is 0.0219. The van der Waals surface area contributed by atoms with Crippen molar-refractivity contribution in [2.45, 2.75) is 25.8 Å². The third-order valence-electron chi connectivity index (χ3n) is 2.87. The minimum Gasteiger partial charge on any atom is -0.325 e. The average molecular weight is 218 g/mol. The van der Waals surface area contributed by atoms with Crippen LogP contribution in [0.2, 0.25) is 0 Å². The molecule has 1 aromatic rings. The number of imide groups is 1. The Morgan fingerprint density at radius 3 is 2.62 bits per heavy atom. The van der Waals surface area contributed by atoms with Gasteiger partial charge in [0.1, 0.15) is 6.04 Å². The van der Waals surface area contributed by atoms with Crippen molar-refractivity contribution in [2.75, 3.05) is 0 Å². The fourth-order valence-corrected chi connectivity index (χ4v) is 1.93. The SMILES string of the molecule is Cc1cccc(C(C)C2NC(=O)NC2=O)c1. The number of hydrogen-bond acceptors (Lipinski definition) is 2. The molecule has 2 rings (SSSR count). The lowest BCUT2D eigenvalue weighted by atomic mass is 9.92. The highest BCUT2D eigenvalue weighted by molar-refractivity contribution is 6.04. The van der Waals surface area contributed by atoms with Gasteiger partial charge < -0.3 is 5.32 Å². The summed E-state index contributed by atoms with van der Waals surface area (Å²) in [6.45, 7) is 3.94. The lowest BCUT2D eigenvalue weighted by Crippen LogP contribution is -2.34. The summed E-state index contributed by atoms with van der Waals surface area (Å²) in [7, 11) is 0. The normalized spacial score (nSPS) is 21.5. The zero-order valence-corrected chi connectivity index (χ0v) is 9.28. The number of benzene rings is 1. The monoisotopic (exact) mass is 218 g/mol. The van der Waals surface area contributed by atoms with Crippen LogP contribution < -0.4 is 10.6 Å². The Kier molecular flexibility index (Phi) is 2.64. The van der Waals surface area contributed by atoms with Crippen molar-refractivity contribution >= 4 is 11.9 Å². The molecule has 3 amide bonds. The molecule has 0 aromatic heterocycles. The van der Waals surface area contributed by atoms with Crippen LogP contribution in [0.3, 0.4) is 0 Å². The number of carbonyl (C=O) groups is 2. The highest BCUT2D eigenvalue weighted by Gasteiger charge is 2.34. The van der Waals surface area contributed by atoms with Gasteiger partial charge in [0.25, 0.3) is 5.91 Å². The number of hydrogen-bond donors (Lipinski definition) is 2. The summed E-state index contributed by atoms with van der Waals surface area (Å²) in [4.78, 5) is 22.5. The Balaban J connectivity index is 2.22. The highest BCUT2D eigenvalue weighted by Crippen LogP contribution is 2.21. The topological polar surface area (TPSA) is 58.2 Å². The molecular formula is C12H14N2O2. The third-order valence-corrected chi connectivity index (χ3v) is 2.87. The molecule has 0 bridgehead atoms. The van der Waals surface area contributed by atoms with Gasteiger partial charge in [0.05, 0.1) is 0 Å². The second kappa shape index (κ2) is 3.96. The van der Waals surface area contributed by atoms with Gasteiger partial charge in [0.15, 0.2) is 0 Å². The smallest absolute Gasteiger partial charge is 0.322 e. The number of carbonyl (C=O) groups excluding carboxylic acids is 2. The summed E-state index contributed by atoms with van der Waals surface area (Å²) in [6, 6.07) is 7.08. The Bertz CT molecular complexity index is 442. The maximum atomic E-state index is 11.5. The van der Waals surface area contributed by atoms with Crippen molar-refractivity contribution in [1.29, 1.82) is 0 Å². The second-order valence-electron chi connectivity index (χ2n) is 4.14. The van der Waals surface area contributed by atoms with Gasteiger partial charge >= 0.3 is 6.03 Å². The predicted molar refractivity (Wildman–Crippen MR) is 60.1 cm³/mol. The summed E-state index contributed by atoms with van der Waals surface area (Å²) >= 11 is 0. The molecule has 2 unspecified atom stereocenters. The van der Waals surface area contributed by atoms with E-state index in [-0.39, 0.29) is 11.8 Å². The van der Waals surface area contributed by atoms with E-state index in [1.54, 1.807) is 0 Å². The summed E-state index contributed by atoms with van der Waals surface area (Å²) in [5, 5.41) is 4.86. The van der Waals surface area contributed by atoms with Crippen molar-refractivity contribution in [3.63, 3.8) is 0 Å². The van der Waals surface area contributed by atoms with E-state index in [1.807, 2.05) is 38.1 Å². The third kappa shape index (κ3) is 1.91. The lowest BCUT2D eigenvalue weighted by Gasteiger charge is -2.17. The van der Waals surface area contributed by atoms with Crippen LogP contribution in [0.15, 0.2) is 24.3 Å². The van der Waals surface area contributed by atoms with Gasteiger partial charge in [0.2, 0.25) is 0 Å². The van der Waals surface area contributed by atoms with Crippen molar-refractivity contribution in [3.05, 3.63) is 35.4 Å². The minimum atomic E-state index is -0.464. The number of urea groups is 1. The molecule has 4 nitrogen and oxygen atoms in total. The van der Waals surface area contributed by atoms with Crippen LogP contribution >= 0.6 is 0 Å². The number of aryl methyl sites for hydroxylation is 1. The molecule has 84 valence electrons. The average Bonchev–Trinajstić information content (AvgIpc) is 2.57. The van der Waals surface area contributed by atoms with Gasteiger partial charge in [-0.3, -0.25) is 10.1 Å². The van der Waals surface area contributed by atoms with Gasteiger partial charge in [-0.15, -0.1) is 0 Å². The molecule has 2 atom stereocenters. The van der Waals surface area contributed by atoms with E-state index < -0.39 is 12.1 Å². The summed E-state index contributed by atoms with van der Waals surface area (Å²) in [5.41, 5.74) is 2.21. The van der Waals surface area contributed by atoms with Crippen LogP contribution in [0.1, 0.15) is 24.0 Å². The maximum absolute atomic E-state index is 11.5. The fourth-order valence-electron chi connectivity index (χ4n) is 1.93. The second-order valence-corrected chi connectivity index (χ2v) is 4.14. The van der Waals surface area contributed by atoms with E-state index in [4.69, 9.17) is 0 Å². The first-order valence-corrected chi connectivity index (χ1v) is 5.26. The predicted octanol–water partition coefficient (Wildman–Crippen LogP) is 1.31. The van der Waals surface area contributed by atoms with Gasteiger partial charge in [-0.25, -0.2) is 4.79 Å². The van der Waals surface area contributed by atoms with Crippen LogP contribution in [-0.2, 0) is 4.79 Å². The van der Waals surface area contributed by atoms with Crippen molar-refractivity contribution in [2.24, 2.45) is 0 Å². The molecule has 1 aromatic carbocycles. The lowest BCUT2D eigenvalue weighted by molar-refractivity contribution is -0.120. The molecule has 0 radical (unpaired) electrons. The number of nitrogens with one attached hydrogen (secondary N) is 2. The quantitative estimate of drug-likeness (QED) is 0.735. The Morgan fingerprint density at radius 1 is 1.31 bits per heavy atom. The zero-order chi connectivity index (χ0) is 11.7.